The van der Waals surface area contributed by atoms with E-state index in [9.17, 15) is 14.4 Å². The first-order chi connectivity index (χ1) is 15.3. The number of nitrogens with zero attached hydrogens (tertiary/aromatic N) is 1. The van der Waals surface area contributed by atoms with Crippen molar-refractivity contribution in [3.63, 3.8) is 0 Å². The number of benzene rings is 3. The summed E-state index contributed by atoms with van der Waals surface area (Å²) in [7, 11) is 0. The third kappa shape index (κ3) is 6.41. The van der Waals surface area contributed by atoms with E-state index in [2.05, 4.69) is 15.8 Å². The number of aryl methyl sites for hydroxylation is 1. The first kappa shape index (κ1) is 23.0. The normalized spacial score (nSPS) is 10.6. The molecule has 9 heteroatoms. The van der Waals surface area contributed by atoms with Gasteiger partial charge in [-0.05, 0) is 66.6 Å². The smallest absolute Gasteiger partial charge is 0.343 e. The molecule has 0 aliphatic carbocycles. The summed E-state index contributed by atoms with van der Waals surface area (Å²) in [6, 6.07) is 18.0. The second-order valence-electron chi connectivity index (χ2n) is 6.58. The van der Waals surface area contributed by atoms with Crippen LogP contribution in [0.3, 0.4) is 0 Å². The summed E-state index contributed by atoms with van der Waals surface area (Å²) in [5.74, 6) is -2.00. The van der Waals surface area contributed by atoms with E-state index in [1.165, 1.54) is 24.4 Å². The van der Waals surface area contributed by atoms with Crippen molar-refractivity contribution in [1.29, 1.82) is 0 Å². The number of carbonyl (C=O) groups excluding carboxylic acids is 3. The predicted molar refractivity (Wildman–Crippen MR) is 123 cm³/mol. The van der Waals surface area contributed by atoms with E-state index >= 15 is 0 Å². The maximum Gasteiger partial charge on any atom is 0.343 e. The van der Waals surface area contributed by atoms with Crippen LogP contribution in [0.25, 0.3) is 0 Å². The first-order valence-electron chi connectivity index (χ1n) is 9.30. The largest absolute Gasteiger partial charge is 0.423 e. The van der Waals surface area contributed by atoms with Gasteiger partial charge in [0.2, 0.25) is 0 Å². The number of hydrazone groups is 1. The van der Waals surface area contributed by atoms with Gasteiger partial charge in [-0.3, -0.25) is 9.59 Å². The quantitative estimate of drug-likeness (QED) is 0.187. The number of anilines is 1. The van der Waals surface area contributed by atoms with E-state index in [4.69, 9.17) is 27.9 Å². The Morgan fingerprint density at radius 2 is 1.56 bits per heavy atom. The van der Waals surface area contributed by atoms with Crippen LogP contribution >= 0.6 is 23.2 Å². The second kappa shape index (κ2) is 10.6. The van der Waals surface area contributed by atoms with Crippen molar-refractivity contribution >= 4 is 52.9 Å². The number of carbonyl (C=O) groups is 3. The molecule has 2 N–H and O–H groups in total. The SMILES string of the molecule is Cc1ccccc1C(=O)Oc1ccc(/C=N/NC(=O)C(=O)Nc2cc(Cl)cc(Cl)c2)cc1. The number of hydrogen-bond donors (Lipinski definition) is 2. The molecule has 0 aliphatic heterocycles. The lowest BCUT2D eigenvalue weighted by atomic mass is 10.1. The molecule has 0 unspecified atom stereocenters. The lowest BCUT2D eigenvalue weighted by Crippen LogP contribution is -2.32. The fourth-order valence-electron chi connectivity index (χ4n) is 2.62. The molecule has 162 valence electrons. The van der Waals surface area contributed by atoms with E-state index in [1.807, 2.05) is 19.1 Å². The van der Waals surface area contributed by atoms with Crippen LogP contribution in [0, 0.1) is 6.92 Å². The highest BCUT2D eigenvalue weighted by atomic mass is 35.5. The summed E-state index contributed by atoms with van der Waals surface area (Å²) in [4.78, 5) is 36.1. The number of halogens is 2. The molecule has 0 fully saturated rings. The van der Waals surface area contributed by atoms with Crippen LogP contribution in [0.2, 0.25) is 10.0 Å². The molecule has 0 aromatic heterocycles. The predicted octanol–water partition coefficient (Wildman–Crippen LogP) is 4.61. The highest BCUT2D eigenvalue weighted by molar-refractivity contribution is 6.40. The third-order valence-electron chi connectivity index (χ3n) is 4.16. The Balaban J connectivity index is 1.53. The molecule has 0 saturated heterocycles. The third-order valence-corrected chi connectivity index (χ3v) is 4.60. The highest BCUT2D eigenvalue weighted by Gasteiger charge is 2.14. The average molecular weight is 470 g/mol. The number of rotatable bonds is 5. The van der Waals surface area contributed by atoms with Crippen molar-refractivity contribution in [3.05, 3.63) is 93.5 Å². The Morgan fingerprint density at radius 1 is 0.906 bits per heavy atom. The minimum atomic E-state index is -0.971. The Bertz CT molecular complexity index is 1170. The molecule has 0 bridgehead atoms. The van der Waals surface area contributed by atoms with Crippen LogP contribution in [0.5, 0.6) is 5.75 Å². The topological polar surface area (TPSA) is 96.9 Å². The molecule has 0 saturated carbocycles. The summed E-state index contributed by atoms with van der Waals surface area (Å²) in [5.41, 5.74) is 4.32. The molecule has 0 spiro atoms. The van der Waals surface area contributed by atoms with Gasteiger partial charge in [0.1, 0.15) is 5.75 Å². The molecule has 3 aromatic rings. The van der Waals surface area contributed by atoms with E-state index in [-0.39, 0.29) is 5.69 Å². The summed E-state index contributed by atoms with van der Waals surface area (Å²) in [6.45, 7) is 1.83. The standard InChI is InChI=1S/C23H17Cl2N3O4/c1-14-4-2-3-5-20(14)23(31)32-19-8-6-15(7-9-19)13-26-28-22(30)21(29)27-18-11-16(24)10-17(25)12-18/h2-13H,1H3,(H,27,29)(H,28,30)/b26-13+. The molecule has 0 radical (unpaired) electrons. The molecule has 2 amide bonds. The zero-order valence-corrected chi connectivity index (χ0v) is 18.3. The van der Waals surface area contributed by atoms with Crippen LogP contribution < -0.4 is 15.5 Å². The summed E-state index contributed by atoms with van der Waals surface area (Å²) in [5, 5.41) is 6.75. The lowest BCUT2D eigenvalue weighted by molar-refractivity contribution is -0.136. The summed E-state index contributed by atoms with van der Waals surface area (Å²) < 4.78 is 5.36. The minimum Gasteiger partial charge on any atom is -0.423 e. The highest BCUT2D eigenvalue weighted by Crippen LogP contribution is 2.22. The van der Waals surface area contributed by atoms with Crippen molar-refractivity contribution in [2.75, 3.05) is 5.32 Å². The molecule has 32 heavy (non-hydrogen) atoms. The number of esters is 1. The summed E-state index contributed by atoms with van der Waals surface area (Å²) >= 11 is 11.7. The van der Waals surface area contributed by atoms with Crippen molar-refractivity contribution in [2.45, 2.75) is 6.92 Å². The van der Waals surface area contributed by atoms with Crippen LogP contribution in [0.1, 0.15) is 21.5 Å². The fraction of sp³-hybridized carbons (Fsp3) is 0.0435. The summed E-state index contributed by atoms with van der Waals surface area (Å²) in [6.07, 6.45) is 1.34. The molecule has 3 aromatic carbocycles. The lowest BCUT2D eigenvalue weighted by Gasteiger charge is -2.06. The molecule has 3 rings (SSSR count). The number of hydrogen-bond acceptors (Lipinski definition) is 5. The second-order valence-corrected chi connectivity index (χ2v) is 7.46. The van der Waals surface area contributed by atoms with Gasteiger partial charge in [-0.25, -0.2) is 10.2 Å². The van der Waals surface area contributed by atoms with Crippen molar-refractivity contribution in [2.24, 2.45) is 5.10 Å². The molecular formula is C23H17Cl2N3O4. The van der Waals surface area contributed by atoms with Gasteiger partial charge >= 0.3 is 17.8 Å². The maximum absolute atomic E-state index is 12.3. The number of nitrogens with one attached hydrogen (secondary N) is 2. The van der Waals surface area contributed by atoms with Gasteiger partial charge < -0.3 is 10.1 Å². The Labute approximate surface area is 194 Å². The minimum absolute atomic E-state index is 0.280. The fourth-order valence-corrected chi connectivity index (χ4v) is 3.14. The van der Waals surface area contributed by atoms with Crippen LogP contribution in [-0.2, 0) is 9.59 Å². The average Bonchev–Trinajstić information content (AvgIpc) is 2.74. The van der Waals surface area contributed by atoms with Crippen molar-refractivity contribution in [1.82, 2.24) is 5.43 Å². The van der Waals surface area contributed by atoms with Gasteiger partial charge in [-0.15, -0.1) is 0 Å². The first-order valence-corrected chi connectivity index (χ1v) is 10.1. The number of ether oxygens (including phenoxy) is 1. The van der Waals surface area contributed by atoms with E-state index in [0.717, 1.165) is 5.56 Å². The van der Waals surface area contributed by atoms with Gasteiger partial charge in [0.05, 0.1) is 11.8 Å². The van der Waals surface area contributed by atoms with Gasteiger partial charge in [0.15, 0.2) is 0 Å². The zero-order valence-electron chi connectivity index (χ0n) is 16.8. The monoisotopic (exact) mass is 469 g/mol. The molecule has 0 heterocycles. The van der Waals surface area contributed by atoms with Crippen LogP contribution in [-0.4, -0.2) is 24.0 Å². The van der Waals surface area contributed by atoms with E-state index in [0.29, 0.717) is 26.9 Å². The zero-order chi connectivity index (χ0) is 23.1. The van der Waals surface area contributed by atoms with Crippen molar-refractivity contribution in [3.8, 4) is 5.75 Å². The van der Waals surface area contributed by atoms with Crippen LogP contribution in [0.15, 0.2) is 71.8 Å². The van der Waals surface area contributed by atoms with Gasteiger partial charge in [-0.2, -0.15) is 5.10 Å². The van der Waals surface area contributed by atoms with Gasteiger partial charge in [-0.1, -0.05) is 41.4 Å². The van der Waals surface area contributed by atoms with E-state index < -0.39 is 17.8 Å². The van der Waals surface area contributed by atoms with E-state index in [1.54, 1.807) is 36.4 Å². The Kier molecular flexibility index (Phi) is 7.59. The van der Waals surface area contributed by atoms with Gasteiger partial charge in [0.25, 0.3) is 0 Å². The Morgan fingerprint density at radius 3 is 2.22 bits per heavy atom. The maximum atomic E-state index is 12.3. The molecule has 0 atom stereocenters. The van der Waals surface area contributed by atoms with Crippen LogP contribution in [0.4, 0.5) is 5.69 Å². The molecular weight excluding hydrogens is 453 g/mol. The molecule has 0 aliphatic rings. The number of amides is 2. The molecule has 7 nitrogen and oxygen atoms in total. The van der Waals surface area contributed by atoms with Crippen molar-refractivity contribution < 1.29 is 19.1 Å². The van der Waals surface area contributed by atoms with Gasteiger partial charge in [0, 0.05) is 15.7 Å². The Hall–Kier alpha value is -3.68.